The fourth-order valence-corrected chi connectivity index (χ4v) is 0.443. The molecule has 0 saturated carbocycles. The number of carbonyl (C=O) groups is 1. The quantitative estimate of drug-likeness (QED) is 0.328. The normalized spacial score (nSPS) is 11.8. The predicted octanol–water partition coefficient (Wildman–Crippen LogP) is 0.929. The number of halogens is 2. The van der Waals surface area contributed by atoms with Crippen molar-refractivity contribution in [2.45, 2.75) is 3.92 Å². The van der Waals surface area contributed by atoms with E-state index in [1.165, 1.54) is 0 Å². The number of rotatable bonds is 2. The van der Waals surface area contributed by atoms with E-state index in [4.69, 9.17) is 5.11 Å². The summed E-state index contributed by atoms with van der Waals surface area (Å²) in [5, 5.41) is 8.17. The maximum Gasteiger partial charge on any atom is 0.317 e. The molecule has 1 N–H and O–H groups in total. The first-order chi connectivity index (χ1) is 3.18. The molecule has 0 spiro atoms. The Kier molecular flexibility index (Phi) is 10.9. The maximum atomic E-state index is 9.92. The van der Waals surface area contributed by atoms with Crippen LogP contribution in [0.2, 0.25) is 0 Å². The Morgan fingerprint density at radius 1 is 1.75 bits per heavy atom. The summed E-state index contributed by atoms with van der Waals surface area (Å²) in [5.41, 5.74) is 0. The van der Waals surface area contributed by atoms with Gasteiger partial charge in [0.1, 0.15) is 3.92 Å². The molecule has 1 radical (unpaired) electrons. The van der Waals surface area contributed by atoms with Crippen molar-refractivity contribution in [3.8, 4) is 0 Å². The zero-order valence-corrected chi connectivity index (χ0v) is 12.8. The van der Waals surface area contributed by atoms with Gasteiger partial charge in [0, 0.05) is 31.7 Å². The Labute approximate surface area is 95.2 Å². The second-order valence-electron chi connectivity index (χ2n) is 0.960. The van der Waals surface area contributed by atoms with Gasteiger partial charge in [0.15, 0.2) is 0 Å². The minimum Gasteiger partial charge on any atom is -0.480 e. The van der Waals surface area contributed by atoms with Crippen molar-refractivity contribution in [3.63, 3.8) is 0 Å². The molecule has 0 saturated heterocycles. The van der Waals surface area contributed by atoms with Crippen LogP contribution < -0.4 is 0 Å². The largest absolute Gasteiger partial charge is 0.480 e. The van der Waals surface area contributed by atoms with E-state index in [1.807, 2.05) is 45.2 Å². The molecule has 5 heteroatoms. The summed E-state index contributed by atoms with van der Waals surface area (Å²) in [6, 6.07) is 0. The second kappa shape index (κ2) is 6.97. The monoisotopic (exact) mass is 531 g/mol. The van der Waals surface area contributed by atoms with Crippen LogP contribution in [0.1, 0.15) is 0 Å². The van der Waals surface area contributed by atoms with Crippen LogP contribution in [0.15, 0.2) is 0 Å². The van der Waals surface area contributed by atoms with Crippen LogP contribution in [-0.2, 0) is 4.79 Å². The van der Waals surface area contributed by atoms with Crippen LogP contribution in [-0.4, -0.2) is 46.7 Å². The molecular formula is C3H4I2O2Tl. The Hall–Kier alpha value is 1.85. The van der Waals surface area contributed by atoms with E-state index in [9.17, 15) is 4.79 Å². The minimum atomic E-state index is -0.727. The summed E-state index contributed by atoms with van der Waals surface area (Å²) < 4.78 is 0.450. The third-order valence-corrected chi connectivity index (χ3v) is 3.94. The molecule has 0 fully saturated rings. The van der Waals surface area contributed by atoms with E-state index in [0.717, 1.165) is 0 Å². The first-order valence-electron chi connectivity index (χ1n) is 1.61. The molecule has 0 aliphatic rings. The van der Waals surface area contributed by atoms with Gasteiger partial charge in [-0.3, -0.25) is 4.79 Å². The third-order valence-electron chi connectivity index (χ3n) is 0.403. The molecule has 1 atom stereocenters. The van der Waals surface area contributed by atoms with Gasteiger partial charge in [0.2, 0.25) is 0 Å². The fraction of sp³-hybridized carbons (Fsp3) is 0.667. The van der Waals surface area contributed by atoms with E-state index in [1.54, 1.807) is 0 Å². The van der Waals surface area contributed by atoms with E-state index in [0.29, 0.717) is 4.43 Å². The molecular weight excluding hydrogens is 526 g/mol. The first kappa shape index (κ1) is 12.5. The molecule has 0 bridgehead atoms. The van der Waals surface area contributed by atoms with E-state index < -0.39 is 5.97 Å². The second-order valence-corrected chi connectivity index (χ2v) is 3.34. The average Bonchev–Trinajstić information content (AvgIpc) is 1.65. The van der Waals surface area contributed by atoms with Gasteiger partial charge >= 0.3 is 5.97 Å². The van der Waals surface area contributed by atoms with Gasteiger partial charge in [-0.05, 0) is 0 Å². The Balaban J connectivity index is 0. The van der Waals surface area contributed by atoms with Crippen LogP contribution in [0.3, 0.4) is 0 Å². The molecule has 45 valence electrons. The Morgan fingerprint density at radius 2 is 2.12 bits per heavy atom. The van der Waals surface area contributed by atoms with Crippen LogP contribution in [0.5, 0.6) is 0 Å². The van der Waals surface area contributed by atoms with Crippen molar-refractivity contribution in [1.29, 1.82) is 0 Å². The zero-order chi connectivity index (χ0) is 5.86. The maximum absolute atomic E-state index is 9.92. The van der Waals surface area contributed by atoms with E-state index in [2.05, 4.69) is 0 Å². The van der Waals surface area contributed by atoms with Crippen LogP contribution in [0.25, 0.3) is 0 Å². The molecule has 0 aliphatic carbocycles. The van der Waals surface area contributed by atoms with Crippen molar-refractivity contribution in [1.82, 2.24) is 0 Å². The molecule has 0 aromatic rings. The van der Waals surface area contributed by atoms with Gasteiger partial charge in [-0.1, -0.05) is 45.2 Å². The number of alkyl halides is 2. The molecule has 0 aliphatic heterocycles. The van der Waals surface area contributed by atoms with Gasteiger partial charge in [-0.25, -0.2) is 0 Å². The van der Waals surface area contributed by atoms with Crippen LogP contribution in [0, 0.1) is 0 Å². The van der Waals surface area contributed by atoms with E-state index in [-0.39, 0.29) is 31.2 Å². The van der Waals surface area contributed by atoms with Crippen molar-refractivity contribution in [2.75, 3.05) is 4.43 Å². The van der Waals surface area contributed by atoms with Gasteiger partial charge in [-0.2, -0.15) is 0 Å². The predicted molar refractivity (Wildman–Crippen MR) is 50.1 cm³/mol. The molecule has 0 amide bonds. The molecule has 0 heterocycles. The van der Waals surface area contributed by atoms with Gasteiger partial charge < -0.3 is 5.11 Å². The number of carboxylic acid groups (broad SMARTS) is 1. The molecule has 0 aromatic carbocycles. The number of carboxylic acids is 1. The summed E-state index contributed by atoms with van der Waals surface area (Å²) in [6.45, 7) is 0. The number of aliphatic carboxylic acids is 1. The Morgan fingerprint density at radius 3 is 2.12 bits per heavy atom. The molecule has 1 unspecified atom stereocenters. The van der Waals surface area contributed by atoms with Crippen LogP contribution in [0.4, 0.5) is 0 Å². The van der Waals surface area contributed by atoms with Gasteiger partial charge in [0.25, 0.3) is 0 Å². The van der Waals surface area contributed by atoms with Crippen molar-refractivity contribution in [2.24, 2.45) is 0 Å². The van der Waals surface area contributed by atoms with Gasteiger partial charge in [0.05, 0.1) is 0 Å². The fourth-order valence-electron chi connectivity index (χ4n) is 0.0660. The summed E-state index contributed by atoms with van der Waals surface area (Å²) in [5.74, 6) is -0.727. The van der Waals surface area contributed by atoms with Crippen molar-refractivity contribution < 1.29 is 9.90 Å². The average molecular weight is 530 g/mol. The summed E-state index contributed by atoms with van der Waals surface area (Å²) in [4.78, 5) is 9.92. The topological polar surface area (TPSA) is 37.3 Å². The summed E-state index contributed by atoms with van der Waals surface area (Å²) in [7, 11) is 0. The molecule has 2 nitrogen and oxygen atoms in total. The van der Waals surface area contributed by atoms with Crippen molar-refractivity contribution in [3.05, 3.63) is 0 Å². The smallest absolute Gasteiger partial charge is 0.317 e. The standard InChI is InChI=1S/C3H4I2O2.Tl/c4-1-2(5)3(6)7;/h2H,1H2,(H,6,7);. The number of hydrogen-bond acceptors (Lipinski definition) is 1. The molecule has 0 rings (SSSR count). The van der Waals surface area contributed by atoms with Crippen LogP contribution >= 0.6 is 45.2 Å². The summed E-state index contributed by atoms with van der Waals surface area (Å²) in [6.07, 6.45) is 0. The Bertz CT molecular complexity index is 77.7. The molecule has 8 heavy (non-hydrogen) atoms. The third kappa shape index (κ3) is 5.98. The molecule has 0 aromatic heterocycles. The van der Waals surface area contributed by atoms with Crippen molar-refractivity contribution >= 4 is 78.4 Å². The summed E-state index contributed by atoms with van der Waals surface area (Å²) >= 11 is 3.93. The van der Waals surface area contributed by atoms with Gasteiger partial charge in [-0.15, -0.1) is 0 Å². The van der Waals surface area contributed by atoms with E-state index >= 15 is 0 Å². The first-order valence-corrected chi connectivity index (χ1v) is 4.38. The minimum absolute atomic E-state index is 0. The zero-order valence-electron chi connectivity index (χ0n) is 3.97. The number of hydrogen-bond donors (Lipinski definition) is 1. The SMILES string of the molecule is O=C(O)C(I)CI.[Tl].